The molecule has 3 nitrogen and oxygen atoms in total. The number of nitrogens with two attached hydrogens (primary N) is 1. The maximum Gasteiger partial charge on any atom is 0.416 e. The van der Waals surface area contributed by atoms with Crippen LogP contribution < -0.4 is 5.73 Å². The van der Waals surface area contributed by atoms with Crippen molar-refractivity contribution in [1.82, 2.24) is 10.2 Å². The summed E-state index contributed by atoms with van der Waals surface area (Å²) in [5.41, 5.74) is 5.65. The van der Waals surface area contributed by atoms with Gasteiger partial charge < -0.3 is 5.73 Å². The number of nitrogens with zero attached hydrogens (tertiary/aromatic N) is 2. The number of halogens is 4. The van der Waals surface area contributed by atoms with Crippen molar-refractivity contribution in [3.8, 4) is 0 Å². The van der Waals surface area contributed by atoms with Gasteiger partial charge in [0.1, 0.15) is 0 Å². The Balaban J connectivity index is 2.26. The number of hydrogen-bond acceptors (Lipinski definition) is 3. The van der Waals surface area contributed by atoms with Crippen molar-refractivity contribution >= 4 is 17.4 Å². The van der Waals surface area contributed by atoms with Crippen LogP contribution in [-0.2, 0) is 12.6 Å². The second-order valence-electron chi connectivity index (χ2n) is 3.94. The van der Waals surface area contributed by atoms with Crippen LogP contribution >= 0.6 is 11.6 Å². The molecular formula is C12H9ClF3N3. The Hall–Kier alpha value is -1.82. The minimum atomic E-state index is -4.36. The second-order valence-corrected chi connectivity index (χ2v) is 4.35. The number of anilines is 1. The molecule has 0 unspecified atom stereocenters. The summed E-state index contributed by atoms with van der Waals surface area (Å²) in [6, 6.07) is 6.52. The normalized spacial score (nSPS) is 11.6. The first-order chi connectivity index (χ1) is 8.86. The maximum atomic E-state index is 12.6. The van der Waals surface area contributed by atoms with Crippen LogP contribution in [0.25, 0.3) is 0 Å². The van der Waals surface area contributed by atoms with Crippen molar-refractivity contribution in [3.63, 3.8) is 0 Å². The molecule has 0 aliphatic rings. The Morgan fingerprint density at radius 2 is 1.89 bits per heavy atom. The standard InChI is InChI=1S/C12H9ClF3N3/c13-10-6-9(18-19-11(10)17)5-7-2-1-3-8(4-7)12(14,15)16/h1-4,6H,5H2,(H2,17,19). The lowest BCUT2D eigenvalue weighted by Gasteiger charge is -2.08. The molecule has 0 aliphatic heterocycles. The van der Waals surface area contributed by atoms with E-state index in [0.717, 1.165) is 12.1 Å². The second kappa shape index (κ2) is 5.05. The topological polar surface area (TPSA) is 51.8 Å². The molecule has 1 aromatic carbocycles. The summed E-state index contributed by atoms with van der Waals surface area (Å²) >= 11 is 5.78. The quantitative estimate of drug-likeness (QED) is 0.922. The van der Waals surface area contributed by atoms with Crippen LogP contribution in [0.3, 0.4) is 0 Å². The van der Waals surface area contributed by atoms with Crippen molar-refractivity contribution in [3.05, 3.63) is 52.2 Å². The summed E-state index contributed by atoms with van der Waals surface area (Å²) in [4.78, 5) is 0. The van der Waals surface area contributed by atoms with E-state index in [-0.39, 0.29) is 17.3 Å². The molecular weight excluding hydrogens is 279 g/mol. The zero-order valence-corrected chi connectivity index (χ0v) is 10.3. The van der Waals surface area contributed by atoms with Gasteiger partial charge in [0.05, 0.1) is 16.3 Å². The number of nitrogen functional groups attached to an aromatic ring is 1. The van der Waals surface area contributed by atoms with Gasteiger partial charge in [0.25, 0.3) is 0 Å². The minimum absolute atomic E-state index is 0.0921. The van der Waals surface area contributed by atoms with Crippen LogP contribution in [0.5, 0.6) is 0 Å². The van der Waals surface area contributed by atoms with Crippen molar-refractivity contribution in [2.24, 2.45) is 0 Å². The number of alkyl halides is 3. The summed E-state index contributed by atoms with van der Waals surface area (Å²) in [6.07, 6.45) is -4.16. The highest BCUT2D eigenvalue weighted by Crippen LogP contribution is 2.30. The molecule has 1 heterocycles. The lowest BCUT2D eigenvalue weighted by atomic mass is 10.1. The van der Waals surface area contributed by atoms with E-state index in [2.05, 4.69) is 10.2 Å². The third-order valence-corrected chi connectivity index (χ3v) is 2.77. The van der Waals surface area contributed by atoms with E-state index in [0.29, 0.717) is 11.3 Å². The highest BCUT2D eigenvalue weighted by Gasteiger charge is 2.30. The first-order valence-electron chi connectivity index (χ1n) is 5.30. The van der Waals surface area contributed by atoms with Gasteiger partial charge in [-0.05, 0) is 17.7 Å². The molecule has 0 amide bonds. The molecule has 2 aromatic rings. The predicted octanol–water partition coefficient (Wildman–Crippen LogP) is 3.32. The molecule has 0 bridgehead atoms. The fourth-order valence-corrected chi connectivity index (χ4v) is 1.73. The summed E-state index contributed by atoms with van der Waals surface area (Å²) < 4.78 is 37.7. The van der Waals surface area contributed by atoms with Crippen LogP contribution in [0.2, 0.25) is 5.02 Å². The molecule has 0 radical (unpaired) electrons. The molecule has 7 heteroatoms. The molecule has 2 N–H and O–H groups in total. The molecule has 0 atom stereocenters. The van der Waals surface area contributed by atoms with E-state index < -0.39 is 11.7 Å². The highest BCUT2D eigenvalue weighted by atomic mass is 35.5. The number of hydrogen-bond donors (Lipinski definition) is 1. The van der Waals surface area contributed by atoms with Gasteiger partial charge in [-0.2, -0.15) is 18.3 Å². The van der Waals surface area contributed by atoms with E-state index in [9.17, 15) is 13.2 Å². The van der Waals surface area contributed by atoms with Gasteiger partial charge in [0, 0.05) is 6.42 Å². The zero-order valence-electron chi connectivity index (χ0n) is 9.58. The summed E-state index contributed by atoms with van der Waals surface area (Å²) in [5, 5.41) is 7.64. The van der Waals surface area contributed by atoms with Gasteiger partial charge in [-0.1, -0.05) is 29.8 Å². The van der Waals surface area contributed by atoms with E-state index in [1.807, 2.05) is 0 Å². The number of rotatable bonds is 2. The largest absolute Gasteiger partial charge is 0.416 e. The Morgan fingerprint density at radius 3 is 2.53 bits per heavy atom. The van der Waals surface area contributed by atoms with E-state index >= 15 is 0 Å². The van der Waals surface area contributed by atoms with Gasteiger partial charge in [-0.3, -0.25) is 0 Å². The number of benzene rings is 1. The van der Waals surface area contributed by atoms with Crippen molar-refractivity contribution in [2.75, 3.05) is 5.73 Å². The van der Waals surface area contributed by atoms with E-state index in [4.69, 9.17) is 17.3 Å². The van der Waals surface area contributed by atoms with Crippen LogP contribution in [0, 0.1) is 0 Å². The first-order valence-corrected chi connectivity index (χ1v) is 5.68. The lowest BCUT2D eigenvalue weighted by Crippen LogP contribution is -2.06. The predicted molar refractivity (Wildman–Crippen MR) is 65.7 cm³/mol. The van der Waals surface area contributed by atoms with Crippen LogP contribution in [0.1, 0.15) is 16.8 Å². The third-order valence-electron chi connectivity index (χ3n) is 2.46. The Labute approximate surface area is 112 Å². The molecule has 100 valence electrons. The van der Waals surface area contributed by atoms with Gasteiger partial charge in [-0.25, -0.2) is 0 Å². The Bertz CT molecular complexity index is 599. The molecule has 0 fully saturated rings. The van der Waals surface area contributed by atoms with Crippen molar-refractivity contribution < 1.29 is 13.2 Å². The van der Waals surface area contributed by atoms with Crippen molar-refractivity contribution in [1.29, 1.82) is 0 Å². The average molecular weight is 288 g/mol. The van der Waals surface area contributed by atoms with Crippen LogP contribution in [-0.4, -0.2) is 10.2 Å². The maximum absolute atomic E-state index is 12.6. The van der Waals surface area contributed by atoms with Gasteiger partial charge in [-0.15, -0.1) is 5.10 Å². The molecule has 2 rings (SSSR count). The summed E-state index contributed by atoms with van der Waals surface area (Å²) in [7, 11) is 0. The van der Waals surface area contributed by atoms with E-state index in [1.165, 1.54) is 12.1 Å². The van der Waals surface area contributed by atoms with Gasteiger partial charge in [0.2, 0.25) is 0 Å². The third kappa shape index (κ3) is 3.35. The molecule has 19 heavy (non-hydrogen) atoms. The Morgan fingerprint density at radius 1 is 1.16 bits per heavy atom. The molecule has 0 spiro atoms. The minimum Gasteiger partial charge on any atom is -0.381 e. The fourth-order valence-electron chi connectivity index (χ4n) is 1.57. The molecule has 1 aromatic heterocycles. The fraction of sp³-hybridized carbons (Fsp3) is 0.167. The van der Waals surface area contributed by atoms with Gasteiger partial charge >= 0.3 is 6.18 Å². The average Bonchev–Trinajstić information content (AvgIpc) is 2.33. The first kappa shape index (κ1) is 13.6. The zero-order chi connectivity index (χ0) is 14.0. The lowest BCUT2D eigenvalue weighted by molar-refractivity contribution is -0.137. The number of aromatic nitrogens is 2. The van der Waals surface area contributed by atoms with Crippen LogP contribution in [0.4, 0.5) is 19.0 Å². The Kier molecular flexibility index (Phi) is 3.61. The summed E-state index contributed by atoms with van der Waals surface area (Å²) in [5.74, 6) is 0.0921. The SMILES string of the molecule is Nc1nnc(Cc2cccc(C(F)(F)F)c2)cc1Cl. The van der Waals surface area contributed by atoms with Gasteiger partial charge in [0.15, 0.2) is 5.82 Å². The molecule has 0 aliphatic carbocycles. The van der Waals surface area contributed by atoms with Crippen LogP contribution in [0.15, 0.2) is 30.3 Å². The highest BCUT2D eigenvalue weighted by molar-refractivity contribution is 6.32. The summed E-state index contributed by atoms with van der Waals surface area (Å²) in [6.45, 7) is 0. The van der Waals surface area contributed by atoms with Crippen molar-refractivity contribution in [2.45, 2.75) is 12.6 Å². The smallest absolute Gasteiger partial charge is 0.381 e. The van der Waals surface area contributed by atoms with E-state index in [1.54, 1.807) is 6.07 Å². The molecule has 0 saturated heterocycles. The molecule has 0 saturated carbocycles. The monoisotopic (exact) mass is 287 g/mol.